The predicted molar refractivity (Wildman–Crippen MR) is 89.5 cm³/mol. The third-order valence-electron chi connectivity index (χ3n) is 5.59. The average molecular weight is 324 g/mol. The molecule has 1 aromatic heterocycles. The fourth-order valence-electron chi connectivity index (χ4n) is 4.27. The van der Waals surface area contributed by atoms with Crippen molar-refractivity contribution in [2.75, 3.05) is 13.1 Å². The van der Waals surface area contributed by atoms with Crippen molar-refractivity contribution in [1.82, 2.24) is 9.88 Å². The van der Waals surface area contributed by atoms with E-state index in [1.54, 1.807) is 11.0 Å². The molecule has 0 bridgehead atoms. The Labute approximate surface area is 140 Å². The van der Waals surface area contributed by atoms with Crippen molar-refractivity contribution in [3.05, 3.63) is 48.2 Å². The van der Waals surface area contributed by atoms with Gasteiger partial charge < -0.3 is 15.0 Å². The summed E-state index contributed by atoms with van der Waals surface area (Å²) < 4.78 is 0. The molecule has 1 aromatic carbocycles. The topological polar surface area (TPSA) is 73.4 Å². The van der Waals surface area contributed by atoms with E-state index in [4.69, 9.17) is 0 Å². The number of carbonyl (C=O) groups excluding carboxylic acids is 1. The zero-order valence-electron chi connectivity index (χ0n) is 13.4. The Morgan fingerprint density at radius 1 is 1.17 bits per heavy atom. The molecule has 2 fully saturated rings. The third-order valence-corrected chi connectivity index (χ3v) is 5.59. The first kappa shape index (κ1) is 15.0. The molecule has 124 valence electrons. The summed E-state index contributed by atoms with van der Waals surface area (Å²) in [5.74, 6) is -0.772. The minimum atomic E-state index is -0.753. The van der Waals surface area contributed by atoms with Crippen molar-refractivity contribution >= 4 is 11.9 Å². The van der Waals surface area contributed by atoms with E-state index in [1.165, 1.54) is 0 Å². The van der Waals surface area contributed by atoms with Crippen LogP contribution in [0.25, 0.3) is 11.3 Å². The highest BCUT2D eigenvalue weighted by atomic mass is 16.4. The maximum absolute atomic E-state index is 12.8. The number of fused-ring (bicyclic) bond motifs is 1. The van der Waals surface area contributed by atoms with Gasteiger partial charge in [-0.15, -0.1) is 0 Å². The fraction of sp³-hybridized carbons (Fsp3) is 0.368. The number of amides is 1. The lowest BCUT2D eigenvalue weighted by Gasteiger charge is -2.23. The number of benzene rings is 1. The molecule has 1 saturated heterocycles. The average Bonchev–Trinajstić information content (AvgIpc) is 3.29. The van der Waals surface area contributed by atoms with Crippen LogP contribution in [-0.2, 0) is 4.79 Å². The van der Waals surface area contributed by atoms with Gasteiger partial charge in [0.1, 0.15) is 5.69 Å². The van der Waals surface area contributed by atoms with Gasteiger partial charge in [0.25, 0.3) is 5.91 Å². The molecule has 0 spiro atoms. The van der Waals surface area contributed by atoms with E-state index in [9.17, 15) is 14.7 Å². The zero-order valence-corrected chi connectivity index (χ0v) is 13.4. The van der Waals surface area contributed by atoms with E-state index < -0.39 is 11.4 Å². The van der Waals surface area contributed by atoms with E-state index in [0.717, 1.165) is 24.1 Å². The van der Waals surface area contributed by atoms with Crippen molar-refractivity contribution in [3.8, 4) is 11.3 Å². The molecule has 1 aliphatic carbocycles. The number of nitrogens with one attached hydrogen (secondary N) is 1. The van der Waals surface area contributed by atoms with Crippen LogP contribution in [0.5, 0.6) is 0 Å². The summed E-state index contributed by atoms with van der Waals surface area (Å²) in [5.41, 5.74) is 1.71. The van der Waals surface area contributed by atoms with Crippen LogP contribution in [0.15, 0.2) is 42.5 Å². The number of carboxylic acids is 1. The SMILES string of the molecule is O=C(c1ccc(-c2ccccc2)[nH]1)N1C[C@@H]2CCC[C@@]2(C(=O)O)C1. The highest BCUT2D eigenvalue weighted by Gasteiger charge is 2.55. The van der Waals surface area contributed by atoms with Gasteiger partial charge in [0, 0.05) is 18.8 Å². The molecule has 24 heavy (non-hydrogen) atoms. The summed E-state index contributed by atoms with van der Waals surface area (Å²) in [5, 5.41) is 9.65. The molecular formula is C19H20N2O3. The van der Waals surface area contributed by atoms with Crippen molar-refractivity contribution in [2.24, 2.45) is 11.3 Å². The first-order valence-electron chi connectivity index (χ1n) is 8.37. The van der Waals surface area contributed by atoms with Crippen LogP contribution in [0.3, 0.4) is 0 Å². The normalized spacial score (nSPS) is 25.7. The molecule has 2 aliphatic rings. The smallest absolute Gasteiger partial charge is 0.311 e. The Bertz CT molecular complexity index is 783. The summed E-state index contributed by atoms with van der Waals surface area (Å²) in [6.07, 6.45) is 2.52. The number of carboxylic acid groups (broad SMARTS) is 1. The second-order valence-electron chi connectivity index (χ2n) is 6.89. The number of likely N-dealkylation sites (tertiary alicyclic amines) is 1. The summed E-state index contributed by atoms with van der Waals surface area (Å²) >= 11 is 0. The number of H-pyrrole nitrogens is 1. The second-order valence-corrected chi connectivity index (χ2v) is 6.89. The number of aromatic amines is 1. The lowest BCUT2D eigenvalue weighted by molar-refractivity contribution is -0.149. The Kier molecular flexibility index (Phi) is 3.44. The third kappa shape index (κ3) is 2.23. The van der Waals surface area contributed by atoms with Crippen molar-refractivity contribution in [2.45, 2.75) is 19.3 Å². The van der Waals surface area contributed by atoms with Crippen LogP contribution in [-0.4, -0.2) is 40.0 Å². The van der Waals surface area contributed by atoms with Crippen LogP contribution in [0.1, 0.15) is 29.8 Å². The van der Waals surface area contributed by atoms with Crippen molar-refractivity contribution < 1.29 is 14.7 Å². The van der Waals surface area contributed by atoms with Gasteiger partial charge in [0.15, 0.2) is 0 Å². The van der Waals surface area contributed by atoms with E-state index in [-0.39, 0.29) is 11.8 Å². The summed E-state index contributed by atoms with van der Waals surface area (Å²) in [7, 11) is 0. The maximum atomic E-state index is 12.8. The standard InChI is InChI=1S/C19H20N2O3/c22-17(16-9-8-15(20-16)13-5-2-1-3-6-13)21-11-14-7-4-10-19(14,12-21)18(23)24/h1-3,5-6,8-9,14,20H,4,7,10-12H2,(H,23,24)/t14-,19+/m0/s1. The minimum Gasteiger partial charge on any atom is -0.481 e. The lowest BCUT2D eigenvalue weighted by Crippen LogP contribution is -2.37. The molecule has 1 saturated carbocycles. The van der Waals surface area contributed by atoms with Crippen LogP contribution >= 0.6 is 0 Å². The lowest BCUT2D eigenvalue weighted by atomic mass is 9.81. The molecule has 5 heteroatoms. The first-order chi connectivity index (χ1) is 11.6. The van der Waals surface area contributed by atoms with Gasteiger partial charge in [-0.2, -0.15) is 0 Å². The quantitative estimate of drug-likeness (QED) is 0.911. The fourth-order valence-corrected chi connectivity index (χ4v) is 4.27. The molecule has 5 nitrogen and oxygen atoms in total. The molecule has 0 unspecified atom stereocenters. The second kappa shape index (κ2) is 5.51. The van der Waals surface area contributed by atoms with E-state index in [0.29, 0.717) is 25.2 Å². The van der Waals surface area contributed by atoms with Crippen LogP contribution in [0, 0.1) is 11.3 Å². The van der Waals surface area contributed by atoms with Crippen molar-refractivity contribution in [3.63, 3.8) is 0 Å². The molecule has 2 N–H and O–H groups in total. The molecule has 2 atom stereocenters. The number of aliphatic carboxylic acids is 1. The Morgan fingerprint density at radius 3 is 2.67 bits per heavy atom. The highest BCUT2D eigenvalue weighted by Crippen LogP contribution is 2.49. The monoisotopic (exact) mass is 324 g/mol. The molecule has 2 aromatic rings. The van der Waals surface area contributed by atoms with E-state index in [2.05, 4.69) is 4.98 Å². The summed E-state index contributed by atoms with van der Waals surface area (Å²) in [6, 6.07) is 13.5. The van der Waals surface area contributed by atoms with E-state index >= 15 is 0 Å². The van der Waals surface area contributed by atoms with E-state index in [1.807, 2.05) is 36.4 Å². The summed E-state index contributed by atoms with van der Waals surface area (Å²) in [4.78, 5) is 29.4. The molecule has 1 amide bonds. The predicted octanol–water partition coefficient (Wildman–Crippen LogP) is 3.01. The zero-order chi connectivity index (χ0) is 16.7. The van der Waals surface area contributed by atoms with Gasteiger partial charge in [-0.05, 0) is 36.5 Å². The molecule has 0 radical (unpaired) electrons. The highest BCUT2D eigenvalue weighted by molar-refractivity contribution is 5.94. The molecular weight excluding hydrogens is 304 g/mol. The Balaban J connectivity index is 1.55. The van der Waals surface area contributed by atoms with Crippen molar-refractivity contribution in [1.29, 1.82) is 0 Å². The largest absolute Gasteiger partial charge is 0.481 e. The number of nitrogens with zero attached hydrogens (tertiary/aromatic N) is 1. The Hall–Kier alpha value is -2.56. The minimum absolute atomic E-state index is 0.0857. The molecule has 4 rings (SSSR count). The van der Waals surface area contributed by atoms with Gasteiger partial charge >= 0.3 is 5.97 Å². The van der Waals surface area contributed by atoms with Crippen LogP contribution in [0.4, 0.5) is 0 Å². The number of rotatable bonds is 3. The molecule has 2 heterocycles. The number of aromatic nitrogens is 1. The van der Waals surface area contributed by atoms with Gasteiger partial charge in [-0.1, -0.05) is 36.8 Å². The van der Waals surface area contributed by atoms with Gasteiger partial charge in [-0.3, -0.25) is 9.59 Å². The number of hydrogen-bond donors (Lipinski definition) is 2. The van der Waals surface area contributed by atoms with Crippen LogP contribution < -0.4 is 0 Å². The maximum Gasteiger partial charge on any atom is 0.311 e. The number of carbonyl (C=O) groups is 2. The van der Waals surface area contributed by atoms with Crippen LogP contribution in [0.2, 0.25) is 0 Å². The van der Waals surface area contributed by atoms with Gasteiger partial charge in [0.2, 0.25) is 0 Å². The van der Waals surface area contributed by atoms with Gasteiger partial charge in [-0.25, -0.2) is 0 Å². The first-order valence-corrected chi connectivity index (χ1v) is 8.37. The Morgan fingerprint density at radius 2 is 1.96 bits per heavy atom. The number of hydrogen-bond acceptors (Lipinski definition) is 2. The molecule has 1 aliphatic heterocycles. The van der Waals surface area contributed by atoms with Gasteiger partial charge in [0.05, 0.1) is 5.41 Å². The summed E-state index contributed by atoms with van der Waals surface area (Å²) in [6.45, 7) is 0.871.